The van der Waals surface area contributed by atoms with Crippen molar-refractivity contribution < 1.29 is 9.47 Å². The number of nitrogens with zero attached hydrogens (tertiary/aromatic N) is 2. The van der Waals surface area contributed by atoms with Gasteiger partial charge in [-0.2, -0.15) is 0 Å². The first kappa shape index (κ1) is 23.6. The smallest absolute Gasteiger partial charge is 0.219 e. The Labute approximate surface area is 194 Å². The molecule has 1 aromatic heterocycles. The summed E-state index contributed by atoms with van der Waals surface area (Å²) in [5.41, 5.74) is 11.3. The largest absolute Gasteiger partial charge is 0.439 e. The zero-order chi connectivity index (χ0) is 20.6. The summed E-state index contributed by atoms with van der Waals surface area (Å²) in [4.78, 5) is 8.71. The lowest BCUT2D eigenvalue weighted by molar-refractivity contribution is 0.185. The molecular formula is C23H27IN4O2. The highest BCUT2D eigenvalue weighted by molar-refractivity contribution is 14.0. The van der Waals surface area contributed by atoms with Crippen LogP contribution < -0.4 is 15.8 Å². The van der Waals surface area contributed by atoms with Gasteiger partial charge >= 0.3 is 0 Å². The van der Waals surface area contributed by atoms with Gasteiger partial charge in [0.25, 0.3) is 0 Å². The molecule has 1 heterocycles. The van der Waals surface area contributed by atoms with Gasteiger partial charge < -0.3 is 20.5 Å². The Kier molecular flexibility index (Phi) is 9.07. The fourth-order valence-electron chi connectivity index (χ4n) is 2.78. The monoisotopic (exact) mass is 518 g/mol. The van der Waals surface area contributed by atoms with Crippen LogP contribution in [0.3, 0.4) is 0 Å². The summed E-state index contributed by atoms with van der Waals surface area (Å²) >= 11 is 0. The number of rotatable bonds is 7. The maximum atomic E-state index is 6.06. The van der Waals surface area contributed by atoms with Crippen LogP contribution in [0.15, 0.2) is 65.8 Å². The first-order chi connectivity index (χ1) is 14.0. The molecule has 0 aliphatic heterocycles. The number of pyridine rings is 1. The number of methoxy groups -OCH3 is 1. The lowest BCUT2D eigenvalue weighted by Crippen LogP contribution is -2.23. The molecule has 0 aliphatic rings. The minimum absolute atomic E-state index is 0. The topological polar surface area (TPSA) is 81.8 Å². The third kappa shape index (κ3) is 6.70. The van der Waals surface area contributed by atoms with E-state index in [9.17, 15) is 0 Å². The number of hydrogen-bond donors (Lipinski definition) is 2. The van der Waals surface area contributed by atoms with Crippen molar-refractivity contribution in [2.45, 2.75) is 27.0 Å². The van der Waals surface area contributed by atoms with Crippen molar-refractivity contribution in [3.8, 4) is 11.6 Å². The van der Waals surface area contributed by atoms with Crippen LogP contribution in [-0.2, 0) is 17.9 Å². The molecule has 0 radical (unpaired) electrons. The summed E-state index contributed by atoms with van der Waals surface area (Å²) in [6.07, 6.45) is 1.71. The number of para-hydroxylation sites is 1. The van der Waals surface area contributed by atoms with Crippen LogP contribution in [0.5, 0.6) is 11.6 Å². The third-order valence-electron chi connectivity index (χ3n) is 4.51. The second-order valence-electron chi connectivity index (χ2n) is 6.77. The van der Waals surface area contributed by atoms with E-state index >= 15 is 0 Å². The van der Waals surface area contributed by atoms with Crippen LogP contribution in [0.2, 0.25) is 0 Å². The summed E-state index contributed by atoms with van der Waals surface area (Å²) in [5.74, 6) is 1.62. The lowest BCUT2D eigenvalue weighted by atomic mass is 10.1. The van der Waals surface area contributed by atoms with Gasteiger partial charge in [-0.15, -0.1) is 24.0 Å². The van der Waals surface area contributed by atoms with E-state index in [-0.39, 0.29) is 24.0 Å². The van der Waals surface area contributed by atoms with Crippen molar-refractivity contribution in [1.29, 1.82) is 0 Å². The Morgan fingerprint density at radius 2 is 1.87 bits per heavy atom. The van der Waals surface area contributed by atoms with Crippen LogP contribution >= 0.6 is 24.0 Å². The quantitative estimate of drug-likeness (QED) is 0.256. The molecule has 0 bridgehead atoms. The number of benzene rings is 2. The number of halogens is 1. The van der Waals surface area contributed by atoms with E-state index in [1.54, 1.807) is 13.3 Å². The first-order valence-electron chi connectivity index (χ1n) is 9.39. The molecule has 0 saturated carbocycles. The summed E-state index contributed by atoms with van der Waals surface area (Å²) in [6.45, 7) is 5.04. The van der Waals surface area contributed by atoms with Crippen molar-refractivity contribution in [3.05, 3.63) is 83.0 Å². The van der Waals surface area contributed by atoms with Crippen LogP contribution in [0.4, 0.5) is 5.69 Å². The maximum absolute atomic E-state index is 6.06. The molecule has 30 heavy (non-hydrogen) atoms. The maximum Gasteiger partial charge on any atom is 0.219 e. The van der Waals surface area contributed by atoms with Crippen LogP contribution in [0, 0.1) is 13.8 Å². The zero-order valence-electron chi connectivity index (χ0n) is 17.4. The number of aliphatic imine (C=N–C) groups is 1. The summed E-state index contributed by atoms with van der Waals surface area (Å²) in [5, 5.41) is 3.13. The Balaban J connectivity index is 0.00000320. The molecule has 7 heteroatoms. The zero-order valence-corrected chi connectivity index (χ0v) is 19.7. The van der Waals surface area contributed by atoms with Gasteiger partial charge in [0.05, 0.1) is 13.2 Å². The number of ether oxygens (including phenoxy) is 2. The van der Waals surface area contributed by atoms with Crippen molar-refractivity contribution in [1.82, 2.24) is 4.98 Å². The molecule has 158 valence electrons. The third-order valence-corrected chi connectivity index (χ3v) is 4.51. The predicted molar refractivity (Wildman–Crippen MR) is 132 cm³/mol. The molecule has 0 fully saturated rings. The highest BCUT2D eigenvalue weighted by atomic mass is 127. The summed E-state index contributed by atoms with van der Waals surface area (Å²) in [7, 11) is 1.66. The van der Waals surface area contributed by atoms with Gasteiger partial charge in [-0.25, -0.2) is 9.98 Å². The second kappa shape index (κ2) is 11.5. The van der Waals surface area contributed by atoms with E-state index in [1.807, 2.05) is 54.6 Å². The van der Waals surface area contributed by atoms with Gasteiger partial charge in [0.15, 0.2) is 5.96 Å². The number of nitrogens with one attached hydrogen (secondary N) is 1. The van der Waals surface area contributed by atoms with Crippen LogP contribution in [0.1, 0.15) is 22.3 Å². The van der Waals surface area contributed by atoms with Gasteiger partial charge in [-0.05, 0) is 54.8 Å². The van der Waals surface area contributed by atoms with E-state index in [0.717, 1.165) is 22.6 Å². The van der Waals surface area contributed by atoms with Crippen LogP contribution in [0.25, 0.3) is 0 Å². The number of aryl methyl sites for hydroxylation is 2. The highest BCUT2D eigenvalue weighted by Crippen LogP contribution is 2.23. The minimum Gasteiger partial charge on any atom is -0.439 e. The molecule has 3 aromatic rings. The summed E-state index contributed by atoms with van der Waals surface area (Å²) in [6, 6.07) is 17.6. The Morgan fingerprint density at radius 1 is 1.07 bits per heavy atom. The SMILES string of the molecule is COCc1ccccc1NC(N)=NCc1ccnc(Oc2ccc(C)c(C)c2)c1.I. The van der Waals surface area contributed by atoms with Crippen molar-refractivity contribution in [3.63, 3.8) is 0 Å². The molecule has 0 unspecified atom stereocenters. The highest BCUT2D eigenvalue weighted by Gasteiger charge is 2.04. The molecule has 0 aliphatic carbocycles. The molecule has 3 N–H and O–H groups in total. The number of aromatic nitrogens is 1. The molecular weight excluding hydrogens is 491 g/mol. The number of nitrogens with two attached hydrogens (primary N) is 1. The molecule has 0 atom stereocenters. The fourth-order valence-corrected chi connectivity index (χ4v) is 2.78. The van der Waals surface area contributed by atoms with Gasteiger partial charge in [-0.3, -0.25) is 0 Å². The Morgan fingerprint density at radius 3 is 2.63 bits per heavy atom. The molecule has 3 rings (SSSR count). The lowest BCUT2D eigenvalue weighted by Gasteiger charge is -2.11. The standard InChI is InChI=1S/C23H26N4O2.HI/c1-16-8-9-20(12-17(16)2)29-22-13-18(10-11-25-22)14-26-23(24)27-21-7-5-4-6-19(21)15-28-3;/h4-13H,14-15H2,1-3H3,(H3,24,26,27);1H. The van der Waals surface area contributed by atoms with Crippen molar-refractivity contribution in [2.24, 2.45) is 10.7 Å². The van der Waals surface area contributed by atoms with Crippen molar-refractivity contribution in [2.75, 3.05) is 12.4 Å². The number of guanidine groups is 1. The Hall–Kier alpha value is -2.65. The van der Waals surface area contributed by atoms with E-state index in [4.69, 9.17) is 15.2 Å². The summed E-state index contributed by atoms with van der Waals surface area (Å²) < 4.78 is 11.1. The van der Waals surface area contributed by atoms with Gasteiger partial charge in [0, 0.05) is 30.6 Å². The van der Waals surface area contributed by atoms with E-state index in [2.05, 4.69) is 29.1 Å². The predicted octanol–water partition coefficient (Wildman–Crippen LogP) is 5.18. The molecule has 6 nitrogen and oxygen atoms in total. The van der Waals surface area contributed by atoms with Gasteiger partial charge in [0.2, 0.25) is 5.88 Å². The Bertz CT molecular complexity index is 1010. The van der Waals surface area contributed by atoms with E-state index < -0.39 is 0 Å². The second-order valence-corrected chi connectivity index (χ2v) is 6.77. The van der Waals surface area contributed by atoms with Crippen LogP contribution in [-0.4, -0.2) is 18.1 Å². The number of anilines is 1. The fraction of sp³-hybridized carbons (Fsp3) is 0.217. The van der Waals surface area contributed by atoms with Gasteiger partial charge in [-0.1, -0.05) is 24.3 Å². The van der Waals surface area contributed by atoms with Crippen molar-refractivity contribution >= 4 is 35.6 Å². The minimum atomic E-state index is 0. The molecule has 0 amide bonds. The average Bonchev–Trinajstić information content (AvgIpc) is 2.71. The van der Waals surface area contributed by atoms with E-state index in [1.165, 1.54) is 11.1 Å². The van der Waals surface area contributed by atoms with E-state index in [0.29, 0.717) is 25.0 Å². The number of hydrogen-bond acceptors (Lipinski definition) is 4. The molecule has 2 aromatic carbocycles. The normalized spacial score (nSPS) is 11.0. The van der Waals surface area contributed by atoms with Gasteiger partial charge in [0.1, 0.15) is 5.75 Å². The first-order valence-corrected chi connectivity index (χ1v) is 9.39. The molecule has 0 saturated heterocycles. The average molecular weight is 518 g/mol. The molecule has 0 spiro atoms.